The van der Waals surface area contributed by atoms with Gasteiger partial charge >= 0.3 is 0 Å². The number of aliphatic hydroxyl groups excluding tert-OH is 1. The highest BCUT2D eigenvalue weighted by Crippen LogP contribution is 2.28. The zero-order valence-electron chi connectivity index (χ0n) is 12.1. The maximum absolute atomic E-state index is 11.6. The summed E-state index contributed by atoms with van der Waals surface area (Å²) < 4.78 is 23.2. The van der Waals surface area contributed by atoms with E-state index in [4.69, 9.17) is 0 Å². The van der Waals surface area contributed by atoms with Gasteiger partial charge in [-0.15, -0.1) is 0 Å². The lowest BCUT2D eigenvalue weighted by molar-refractivity contribution is 0.215. The van der Waals surface area contributed by atoms with E-state index in [9.17, 15) is 13.5 Å². The van der Waals surface area contributed by atoms with Crippen molar-refractivity contribution >= 4 is 9.84 Å². The molecule has 108 valence electrons. The van der Waals surface area contributed by atoms with Gasteiger partial charge in [0, 0.05) is 11.9 Å². The highest BCUT2D eigenvalue weighted by molar-refractivity contribution is 7.90. The second-order valence-corrected chi connectivity index (χ2v) is 7.18. The first-order valence-electron chi connectivity index (χ1n) is 6.35. The average molecular weight is 293 g/mol. The number of rotatable bonds is 3. The van der Waals surface area contributed by atoms with Gasteiger partial charge in [-0.3, -0.25) is 0 Å². The van der Waals surface area contributed by atoms with Crippen LogP contribution in [-0.4, -0.2) is 24.8 Å². The second-order valence-electron chi connectivity index (χ2n) is 5.16. The third-order valence-corrected chi connectivity index (χ3v) is 4.84. The Bertz CT molecular complexity index is 744. The summed E-state index contributed by atoms with van der Waals surface area (Å²) in [6.45, 7) is 5.88. The minimum atomic E-state index is -3.28. The highest BCUT2D eigenvalue weighted by Gasteiger charge is 2.19. The van der Waals surface area contributed by atoms with E-state index in [-0.39, 0.29) is 4.90 Å². The number of aromatic nitrogens is 1. The maximum Gasteiger partial charge on any atom is 0.175 e. The molecule has 0 amide bonds. The standard InChI is InChI=1S/C15H19NO3S/c1-9-10(2)14(16-11(9)3)15(17)12-6-5-7-13(8-12)20(4,18)19/h5-8,15-17H,1-4H3. The molecule has 0 spiro atoms. The molecule has 5 heteroatoms. The van der Waals surface area contributed by atoms with Gasteiger partial charge in [-0.05, 0) is 49.6 Å². The Morgan fingerprint density at radius 2 is 1.80 bits per heavy atom. The number of hydrogen-bond donors (Lipinski definition) is 2. The Kier molecular flexibility index (Phi) is 3.75. The van der Waals surface area contributed by atoms with Crippen molar-refractivity contribution in [2.24, 2.45) is 0 Å². The van der Waals surface area contributed by atoms with E-state index in [0.717, 1.165) is 23.1 Å². The van der Waals surface area contributed by atoms with Gasteiger partial charge in [0.1, 0.15) is 6.10 Å². The number of aromatic amines is 1. The van der Waals surface area contributed by atoms with Crippen molar-refractivity contribution in [2.75, 3.05) is 6.26 Å². The molecular weight excluding hydrogens is 274 g/mol. The number of aryl methyl sites for hydroxylation is 1. The molecule has 0 aliphatic carbocycles. The van der Waals surface area contributed by atoms with Crippen LogP contribution in [0.3, 0.4) is 0 Å². The van der Waals surface area contributed by atoms with Crippen LogP contribution in [0.2, 0.25) is 0 Å². The fourth-order valence-electron chi connectivity index (χ4n) is 2.23. The smallest absolute Gasteiger partial charge is 0.175 e. The summed E-state index contributed by atoms with van der Waals surface area (Å²) in [4.78, 5) is 3.38. The van der Waals surface area contributed by atoms with E-state index < -0.39 is 15.9 Å². The summed E-state index contributed by atoms with van der Waals surface area (Å²) in [5.41, 5.74) is 4.40. The molecule has 0 radical (unpaired) electrons. The normalized spacial score (nSPS) is 13.4. The Morgan fingerprint density at radius 1 is 1.15 bits per heavy atom. The topological polar surface area (TPSA) is 70.2 Å². The van der Waals surface area contributed by atoms with Gasteiger partial charge in [-0.2, -0.15) is 0 Å². The van der Waals surface area contributed by atoms with Crippen LogP contribution < -0.4 is 0 Å². The molecule has 0 saturated heterocycles. The number of H-pyrrole nitrogens is 1. The van der Waals surface area contributed by atoms with Crippen LogP contribution in [0.25, 0.3) is 0 Å². The molecule has 2 aromatic rings. The minimum Gasteiger partial charge on any atom is -0.382 e. The van der Waals surface area contributed by atoms with Crippen LogP contribution in [0, 0.1) is 20.8 Å². The molecule has 4 nitrogen and oxygen atoms in total. The molecule has 0 aliphatic heterocycles. The van der Waals surface area contributed by atoms with Gasteiger partial charge in [0.15, 0.2) is 9.84 Å². The summed E-state index contributed by atoms with van der Waals surface area (Å²) in [5.74, 6) is 0. The van der Waals surface area contributed by atoms with Gasteiger partial charge in [0.05, 0.1) is 10.6 Å². The van der Waals surface area contributed by atoms with Gasteiger partial charge in [-0.1, -0.05) is 12.1 Å². The third-order valence-electron chi connectivity index (χ3n) is 3.73. The number of nitrogens with one attached hydrogen (secondary N) is 1. The minimum absolute atomic E-state index is 0.215. The fourth-order valence-corrected chi connectivity index (χ4v) is 2.90. The predicted octanol–water partition coefficient (Wildman–Crippen LogP) is 2.43. The molecule has 1 atom stereocenters. The molecule has 1 unspecified atom stereocenters. The first kappa shape index (κ1) is 14.8. The summed E-state index contributed by atoms with van der Waals surface area (Å²) in [7, 11) is -3.28. The fraction of sp³-hybridized carbons (Fsp3) is 0.333. The summed E-state index contributed by atoms with van der Waals surface area (Å²) in [5, 5.41) is 10.5. The van der Waals surface area contributed by atoms with Crippen molar-refractivity contribution < 1.29 is 13.5 Å². The van der Waals surface area contributed by atoms with Crippen LogP contribution in [-0.2, 0) is 9.84 Å². The lowest BCUT2D eigenvalue weighted by Crippen LogP contribution is -2.04. The molecular formula is C15H19NO3S. The average Bonchev–Trinajstić information content (AvgIpc) is 2.65. The van der Waals surface area contributed by atoms with Crippen molar-refractivity contribution in [1.29, 1.82) is 0 Å². The zero-order valence-corrected chi connectivity index (χ0v) is 12.9. The van der Waals surface area contributed by atoms with Crippen LogP contribution >= 0.6 is 0 Å². The van der Waals surface area contributed by atoms with Crippen LogP contribution in [0.1, 0.15) is 34.2 Å². The lowest BCUT2D eigenvalue weighted by atomic mass is 10.0. The van der Waals surface area contributed by atoms with Gasteiger partial charge in [-0.25, -0.2) is 8.42 Å². The second kappa shape index (κ2) is 5.07. The SMILES string of the molecule is Cc1[nH]c(C(O)c2cccc(S(C)(=O)=O)c2)c(C)c1C. The first-order chi connectivity index (χ1) is 9.21. The molecule has 1 aromatic heterocycles. The molecule has 0 aliphatic rings. The van der Waals surface area contributed by atoms with Gasteiger partial charge in [0.25, 0.3) is 0 Å². The Labute approximate surface area is 119 Å². The summed E-state index contributed by atoms with van der Waals surface area (Å²) in [6, 6.07) is 6.42. The molecule has 0 fully saturated rings. The van der Waals surface area contributed by atoms with E-state index in [1.807, 2.05) is 20.8 Å². The van der Waals surface area contributed by atoms with Crippen LogP contribution in [0.15, 0.2) is 29.2 Å². The predicted molar refractivity (Wildman–Crippen MR) is 78.6 cm³/mol. The van der Waals surface area contributed by atoms with Gasteiger partial charge in [0.2, 0.25) is 0 Å². The van der Waals surface area contributed by atoms with Gasteiger partial charge < -0.3 is 10.1 Å². The lowest BCUT2D eigenvalue weighted by Gasteiger charge is -2.12. The van der Waals surface area contributed by atoms with Crippen molar-refractivity contribution in [3.05, 3.63) is 52.3 Å². The Hall–Kier alpha value is -1.59. The quantitative estimate of drug-likeness (QED) is 0.913. The first-order valence-corrected chi connectivity index (χ1v) is 8.24. The van der Waals surface area contributed by atoms with Crippen LogP contribution in [0.4, 0.5) is 0 Å². The Morgan fingerprint density at radius 3 is 2.30 bits per heavy atom. The molecule has 20 heavy (non-hydrogen) atoms. The molecule has 1 heterocycles. The van der Waals surface area contributed by atoms with E-state index in [1.54, 1.807) is 12.1 Å². The summed E-state index contributed by atoms with van der Waals surface area (Å²) >= 11 is 0. The zero-order chi connectivity index (χ0) is 15.1. The number of aliphatic hydroxyl groups is 1. The van der Waals surface area contributed by atoms with Crippen molar-refractivity contribution in [1.82, 2.24) is 4.98 Å². The van der Waals surface area contributed by atoms with Crippen molar-refractivity contribution in [2.45, 2.75) is 31.8 Å². The largest absolute Gasteiger partial charge is 0.382 e. The monoisotopic (exact) mass is 293 g/mol. The maximum atomic E-state index is 11.6. The number of sulfone groups is 1. The van der Waals surface area contributed by atoms with Crippen molar-refractivity contribution in [3.8, 4) is 0 Å². The highest BCUT2D eigenvalue weighted by atomic mass is 32.2. The molecule has 1 aromatic carbocycles. The number of hydrogen-bond acceptors (Lipinski definition) is 3. The van der Waals surface area contributed by atoms with Crippen LogP contribution in [0.5, 0.6) is 0 Å². The van der Waals surface area contributed by atoms with E-state index >= 15 is 0 Å². The Balaban J connectivity index is 2.48. The third kappa shape index (κ3) is 2.64. The van der Waals surface area contributed by atoms with E-state index in [0.29, 0.717) is 11.3 Å². The van der Waals surface area contributed by atoms with E-state index in [1.165, 1.54) is 12.1 Å². The summed E-state index contributed by atoms with van der Waals surface area (Å²) in [6.07, 6.45) is 0.302. The van der Waals surface area contributed by atoms with E-state index in [2.05, 4.69) is 4.98 Å². The van der Waals surface area contributed by atoms with Crippen molar-refractivity contribution in [3.63, 3.8) is 0 Å². The molecule has 2 rings (SSSR count). The molecule has 0 saturated carbocycles. The molecule has 0 bridgehead atoms. The number of benzene rings is 1. The molecule has 2 N–H and O–H groups in total.